The molecule has 0 aromatic heterocycles. The highest BCUT2D eigenvalue weighted by molar-refractivity contribution is 7.99. The fourth-order valence-electron chi connectivity index (χ4n) is 2.67. The molecule has 118 valence electrons. The first-order valence-corrected chi connectivity index (χ1v) is 8.03. The second kappa shape index (κ2) is 6.34. The summed E-state index contributed by atoms with van der Waals surface area (Å²) in [6.45, 7) is 0. The Morgan fingerprint density at radius 1 is 1.13 bits per heavy atom. The Bertz CT molecular complexity index is 736. The Kier molecular flexibility index (Phi) is 4.25. The molecular formula is C17H16N2O3S. The molecule has 1 heterocycles. The van der Waals surface area contributed by atoms with Crippen LogP contribution in [0.1, 0.15) is 10.8 Å². The highest BCUT2D eigenvalue weighted by Gasteiger charge is 2.38. The van der Waals surface area contributed by atoms with E-state index in [9.17, 15) is 9.59 Å². The van der Waals surface area contributed by atoms with Crippen LogP contribution in [0.5, 0.6) is 0 Å². The first kappa shape index (κ1) is 15.4. The number of carboxylic acid groups (broad SMARTS) is 1. The van der Waals surface area contributed by atoms with Crippen LogP contribution in [0.4, 0.5) is 10.5 Å². The van der Waals surface area contributed by atoms with E-state index in [0.29, 0.717) is 0 Å². The van der Waals surface area contributed by atoms with E-state index in [-0.39, 0.29) is 11.2 Å². The van der Waals surface area contributed by atoms with Crippen molar-refractivity contribution in [3.05, 3.63) is 60.2 Å². The second-order valence-corrected chi connectivity index (χ2v) is 6.42. The van der Waals surface area contributed by atoms with E-state index in [0.717, 1.165) is 16.1 Å². The number of carbonyl (C=O) groups excluding carboxylic acids is 1. The summed E-state index contributed by atoms with van der Waals surface area (Å²) in [5.74, 6) is -0.265. The molecule has 2 N–H and O–H groups in total. The van der Waals surface area contributed by atoms with Crippen LogP contribution in [0.25, 0.3) is 0 Å². The molecule has 1 aliphatic heterocycles. The van der Waals surface area contributed by atoms with E-state index >= 15 is 0 Å². The number of nitrogens with one attached hydrogen (secondary N) is 1. The summed E-state index contributed by atoms with van der Waals surface area (Å²) in [4.78, 5) is 26.5. The molecular weight excluding hydrogens is 312 g/mol. The predicted molar refractivity (Wildman–Crippen MR) is 89.8 cm³/mol. The van der Waals surface area contributed by atoms with Gasteiger partial charge in [-0.25, -0.2) is 4.79 Å². The molecule has 0 spiro atoms. The van der Waals surface area contributed by atoms with E-state index < -0.39 is 12.1 Å². The van der Waals surface area contributed by atoms with Crippen LogP contribution in [0.15, 0.2) is 59.5 Å². The van der Waals surface area contributed by atoms with Crippen LogP contribution >= 0.6 is 11.8 Å². The third-order valence-electron chi connectivity index (χ3n) is 3.79. The van der Waals surface area contributed by atoms with Crippen LogP contribution in [0.2, 0.25) is 0 Å². The van der Waals surface area contributed by atoms with Gasteiger partial charge in [-0.2, -0.15) is 0 Å². The molecule has 3 rings (SSSR count). The molecule has 2 amide bonds. The smallest absolute Gasteiger partial charge is 0.405 e. The Labute approximate surface area is 138 Å². The standard InChI is InChI=1S/C17H16N2O3S/c1-19-12-9-5-6-10-13(12)23-15(11-7-3-2-4-8-11)14(16(19)20)18-17(21)22/h2-10,14-15,18H,1H3,(H,21,22)/t14-,15+/m0/s1. The van der Waals surface area contributed by atoms with Crippen LogP contribution in [-0.4, -0.2) is 30.2 Å². The van der Waals surface area contributed by atoms with E-state index in [1.54, 1.807) is 7.05 Å². The van der Waals surface area contributed by atoms with Gasteiger partial charge in [-0.3, -0.25) is 4.79 Å². The number of para-hydroxylation sites is 1. The summed E-state index contributed by atoms with van der Waals surface area (Å²) >= 11 is 1.50. The molecule has 23 heavy (non-hydrogen) atoms. The van der Waals surface area contributed by atoms with Gasteiger partial charge in [0.1, 0.15) is 6.04 Å². The third-order valence-corrected chi connectivity index (χ3v) is 5.18. The zero-order valence-corrected chi connectivity index (χ0v) is 13.3. The molecule has 0 radical (unpaired) electrons. The summed E-state index contributed by atoms with van der Waals surface area (Å²) in [6.07, 6.45) is -1.20. The Balaban J connectivity index is 2.10. The van der Waals surface area contributed by atoms with Crippen LogP contribution < -0.4 is 10.2 Å². The average molecular weight is 328 g/mol. The van der Waals surface area contributed by atoms with Crippen molar-refractivity contribution in [1.29, 1.82) is 0 Å². The lowest BCUT2D eigenvalue weighted by Crippen LogP contribution is -2.48. The number of rotatable bonds is 2. The molecule has 1 aliphatic rings. The van der Waals surface area contributed by atoms with Crippen molar-refractivity contribution in [1.82, 2.24) is 5.32 Å². The van der Waals surface area contributed by atoms with E-state index in [1.807, 2.05) is 54.6 Å². The minimum Gasteiger partial charge on any atom is -0.465 e. The number of amides is 2. The van der Waals surface area contributed by atoms with Gasteiger partial charge in [0, 0.05) is 11.9 Å². The van der Waals surface area contributed by atoms with Gasteiger partial charge in [-0.1, -0.05) is 42.5 Å². The summed E-state index contributed by atoms with van der Waals surface area (Å²) in [5, 5.41) is 11.2. The van der Waals surface area contributed by atoms with Gasteiger partial charge in [0.15, 0.2) is 0 Å². The molecule has 0 unspecified atom stereocenters. The minimum atomic E-state index is -1.20. The van der Waals surface area contributed by atoms with E-state index in [1.165, 1.54) is 16.7 Å². The van der Waals surface area contributed by atoms with Crippen molar-refractivity contribution in [2.75, 3.05) is 11.9 Å². The SMILES string of the molecule is CN1C(=O)[C@@H](NC(=O)O)[C@@H](c2ccccc2)Sc2ccccc21. The van der Waals surface area contributed by atoms with Crippen molar-refractivity contribution in [2.45, 2.75) is 16.2 Å². The number of hydrogen-bond acceptors (Lipinski definition) is 3. The summed E-state index contributed by atoms with van der Waals surface area (Å²) in [6, 6.07) is 16.2. The maximum atomic E-state index is 12.8. The fourth-order valence-corrected chi connectivity index (χ4v) is 4.04. The van der Waals surface area contributed by atoms with Gasteiger partial charge < -0.3 is 15.3 Å². The number of fused-ring (bicyclic) bond motifs is 1. The van der Waals surface area contributed by atoms with Crippen LogP contribution in [-0.2, 0) is 4.79 Å². The lowest BCUT2D eigenvalue weighted by molar-refractivity contribution is -0.120. The highest BCUT2D eigenvalue weighted by Crippen LogP contribution is 2.45. The molecule has 2 aromatic carbocycles. The topological polar surface area (TPSA) is 69.6 Å². The molecule has 6 heteroatoms. The first-order chi connectivity index (χ1) is 11.1. The van der Waals surface area contributed by atoms with Gasteiger partial charge in [-0.05, 0) is 17.7 Å². The highest BCUT2D eigenvalue weighted by atomic mass is 32.2. The maximum absolute atomic E-state index is 12.8. The lowest BCUT2D eigenvalue weighted by Gasteiger charge is -2.25. The van der Waals surface area contributed by atoms with Crippen molar-refractivity contribution in [3.63, 3.8) is 0 Å². The monoisotopic (exact) mass is 328 g/mol. The predicted octanol–water partition coefficient (Wildman–Crippen LogP) is 3.13. The number of thioether (sulfide) groups is 1. The number of benzene rings is 2. The van der Waals surface area contributed by atoms with E-state index in [2.05, 4.69) is 5.32 Å². The molecule has 0 saturated heterocycles. The molecule has 0 aliphatic carbocycles. The molecule has 5 nitrogen and oxygen atoms in total. The van der Waals surface area contributed by atoms with Crippen molar-refractivity contribution < 1.29 is 14.7 Å². The number of likely N-dealkylation sites (N-methyl/N-ethyl adjacent to an activating group) is 1. The van der Waals surface area contributed by atoms with Crippen LogP contribution in [0.3, 0.4) is 0 Å². The normalized spacial score (nSPS) is 20.6. The summed E-state index contributed by atoms with van der Waals surface area (Å²) in [5.41, 5.74) is 1.70. The number of nitrogens with zero attached hydrogens (tertiary/aromatic N) is 1. The number of carbonyl (C=O) groups is 2. The summed E-state index contributed by atoms with van der Waals surface area (Å²) < 4.78 is 0. The van der Waals surface area contributed by atoms with Gasteiger partial charge >= 0.3 is 6.09 Å². The zero-order chi connectivity index (χ0) is 16.4. The fraction of sp³-hybridized carbons (Fsp3) is 0.176. The molecule has 0 bridgehead atoms. The largest absolute Gasteiger partial charge is 0.465 e. The van der Waals surface area contributed by atoms with E-state index in [4.69, 9.17) is 5.11 Å². The minimum absolute atomic E-state index is 0.265. The molecule has 2 aromatic rings. The quantitative estimate of drug-likeness (QED) is 0.888. The molecule has 0 saturated carbocycles. The second-order valence-electron chi connectivity index (χ2n) is 5.24. The first-order valence-electron chi connectivity index (χ1n) is 7.15. The van der Waals surface area contributed by atoms with Gasteiger partial charge in [-0.15, -0.1) is 11.8 Å². The molecule has 0 fully saturated rings. The lowest BCUT2D eigenvalue weighted by atomic mass is 10.0. The number of hydrogen-bond donors (Lipinski definition) is 2. The van der Waals surface area contributed by atoms with Gasteiger partial charge in [0.05, 0.1) is 10.9 Å². The Morgan fingerprint density at radius 2 is 1.78 bits per heavy atom. The Morgan fingerprint density at radius 3 is 2.48 bits per heavy atom. The Hall–Kier alpha value is -2.47. The maximum Gasteiger partial charge on any atom is 0.405 e. The zero-order valence-electron chi connectivity index (χ0n) is 12.5. The van der Waals surface area contributed by atoms with Crippen molar-refractivity contribution >= 4 is 29.4 Å². The van der Waals surface area contributed by atoms with Crippen LogP contribution in [0, 0.1) is 0 Å². The average Bonchev–Trinajstić information content (AvgIpc) is 2.66. The van der Waals surface area contributed by atoms with Crippen molar-refractivity contribution in [2.24, 2.45) is 0 Å². The third kappa shape index (κ3) is 3.03. The number of anilines is 1. The molecule has 2 atom stereocenters. The van der Waals surface area contributed by atoms with Gasteiger partial charge in [0.25, 0.3) is 5.91 Å². The summed E-state index contributed by atoms with van der Waals surface area (Å²) in [7, 11) is 1.67. The van der Waals surface area contributed by atoms with Crippen molar-refractivity contribution in [3.8, 4) is 0 Å². The van der Waals surface area contributed by atoms with Gasteiger partial charge in [0.2, 0.25) is 0 Å².